The van der Waals surface area contributed by atoms with Crippen LogP contribution in [-0.4, -0.2) is 11.6 Å². The lowest BCUT2D eigenvalue weighted by Gasteiger charge is -2.04. The van der Waals surface area contributed by atoms with E-state index < -0.39 is 5.82 Å². The number of nitrogens with zero attached hydrogens (tertiary/aromatic N) is 1. The van der Waals surface area contributed by atoms with Crippen molar-refractivity contribution in [2.75, 3.05) is 6.61 Å². The van der Waals surface area contributed by atoms with Crippen LogP contribution in [0.15, 0.2) is 24.9 Å². The van der Waals surface area contributed by atoms with Crippen LogP contribution in [-0.2, 0) is 0 Å². The van der Waals surface area contributed by atoms with Crippen molar-refractivity contribution in [3.05, 3.63) is 35.8 Å². The molecule has 0 fully saturated rings. The predicted molar refractivity (Wildman–Crippen MR) is 54.1 cm³/mol. The van der Waals surface area contributed by atoms with Gasteiger partial charge >= 0.3 is 0 Å². The smallest absolute Gasteiger partial charge is 0.250 e. The Morgan fingerprint density at radius 1 is 1.64 bits per heavy atom. The molecule has 4 heteroatoms. The van der Waals surface area contributed by atoms with Crippen molar-refractivity contribution >= 4 is 11.6 Å². The van der Waals surface area contributed by atoms with Gasteiger partial charge in [-0.05, 0) is 18.9 Å². The lowest BCUT2D eigenvalue weighted by molar-refractivity contribution is 0.284. The Labute approximate surface area is 87.4 Å². The maximum absolute atomic E-state index is 13.1. The van der Waals surface area contributed by atoms with E-state index in [-0.39, 0.29) is 10.9 Å². The van der Waals surface area contributed by atoms with Gasteiger partial charge in [0.25, 0.3) is 0 Å². The summed E-state index contributed by atoms with van der Waals surface area (Å²) in [6.07, 6.45) is 4.78. The minimum Gasteiger partial charge on any atom is -0.476 e. The zero-order valence-electron chi connectivity index (χ0n) is 7.67. The van der Waals surface area contributed by atoms with Gasteiger partial charge in [-0.3, -0.25) is 0 Å². The Hall–Kier alpha value is -1.09. The van der Waals surface area contributed by atoms with E-state index in [0.29, 0.717) is 6.61 Å². The van der Waals surface area contributed by atoms with Crippen LogP contribution in [0.2, 0.25) is 5.02 Å². The van der Waals surface area contributed by atoms with Crippen molar-refractivity contribution in [1.82, 2.24) is 4.98 Å². The van der Waals surface area contributed by atoms with Gasteiger partial charge in [0, 0.05) is 6.20 Å². The molecule has 14 heavy (non-hydrogen) atoms. The van der Waals surface area contributed by atoms with Gasteiger partial charge in [-0.1, -0.05) is 17.7 Å². The lowest BCUT2D eigenvalue weighted by atomic mass is 10.3. The van der Waals surface area contributed by atoms with E-state index in [1.807, 2.05) is 0 Å². The van der Waals surface area contributed by atoms with E-state index in [4.69, 9.17) is 16.3 Å². The molecular formula is C10H11ClFNO. The van der Waals surface area contributed by atoms with Crippen molar-refractivity contribution in [2.45, 2.75) is 12.8 Å². The summed E-state index contributed by atoms with van der Waals surface area (Å²) < 4.78 is 18.2. The maximum atomic E-state index is 13.1. The Bertz CT molecular complexity index is 317. The van der Waals surface area contributed by atoms with E-state index in [1.54, 1.807) is 6.08 Å². The van der Waals surface area contributed by atoms with Crippen molar-refractivity contribution in [3.63, 3.8) is 0 Å². The molecule has 76 valence electrons. The highest BCUT2D eigenvalue weighted by molar-refractivity contribution is 6.30. The molecule has 1 rings (SSSR count). The van der Waals surface area contributed by atoms with Gasteiger partial charge in [-0.15, -0.1) is 6.58 Å². The van der Waals surface area contributed by atoms with Gasteiger partial charge in [0.1, 0.15) is 0 Å². The number of halogens is 2. The van der Waals surface area contributed by atoms with E-state index >= 15 is 0 Å². The Kier molecular flexibility index (Phi) is 4.40. The van der Waals surface area contributed by atoms with Crippen molar-refractivity contribution in [3.8, 4) is 5.88 Å². The second-order valence-electron chi connectivity index (χ2n) is 2.72. The molecule has 0 atom stereocenters. The normalized spacial score (nSPS) is 9.86. The van der Waals surface area contributed by atoms with Crippen LogP contribution in [0.4, 0.5) is 4.39 Å². The molecule has 1 aromatic heterocycles. The van der Waals surface area contributed by atoms with Gasteiger partial charge in [0.15, 0.2) is 5.82 Å². The molecule has 0 saturated heterocycles. The number of ether oxygens (including phenoxy) is 1. The third kappa shape index (κ3) is 3.34. The first-order valence-electron chi connectivity index (χ1n) is 4.29. The first kappa shape index (κ1) is 11.0. The zero-order valence-corrected chi connectivity index (χ0v) is 8.43. The zero-order chi connectivity index (χ0) is 10.4. The number of unbranched alkanes of at least 4 members (excludes halogenated alkanes) is 1. The van der Waals surface area contributed by atoms with Crippen LogP contribution in [0.1, 0.15) is 12.8 Å². The fraction of sp³-hybridized carbons (Fsp3) is 0.300. The average molecular weight is 216 g/mol. The Balaban J connectivity index is 2.46. The largest absolute Gasteiger partial charge is 0.476 e. The standard InChI is InChI=1S/C10H11ClFNO/c1-2-3-4-5-14-10-9(12)6-8(11)7-13-10/h2,6-7H,1,3-5H2. The molecule has 1 aromatic rings. The first-order valence-corrected chi connectivity index (χ1v) is 4.66. The van der Waals surface area contributed by atoms with E-state index in [9.17, 15) is 4.39 Å². The molecule has 0 N–H and O–H groups in total. The summed E-state index contributed by atoms with van der Waals surface area (Å²) in [5.41, 5.74) is 0. The summed E-state index contributed by atoms with van der Waals surface area (Å²) in [5.74, 6) is -0.533. The Morgan fingerprint density at radius 2 is 2.43 bits per heavy atom. The van der Waals surface area contributed by atoms with Crippen LogP contribution in [0.25, 0.3) is 0 Å². The molecule has 1 heterocycles. The van der Waals surface area contributed by atoms with Crippen LogP contribution in [0, 0.1) is 5.82 Å². The molecule has 0 radical (unpaired) electrons. The molecule has 0 bridgehead atoms. The minimum atomic E-state index is -0.531. The molecule has 0 spiro atoms. The molecule has 0 saturated carbocycles. The predicted octanol–water partition coefficient (Wildman–Crippen LogP) is 3.22. The molecule has 2 nitrogen and oxygen atoms in total. The second kappa shape index (κ2) is 5.60. The highest BCUT2D eigenvalue weighted by Gasteiger charge is 2.04. The van der Waals surface area contributed by atoms with E-state index in [1.165, 1.54) is 12.3 Å². The van der Waals surface area contributed by atoms with Gasteiger partial charge < -0.3 is 4.74 Å². The number of rotatable bonds is 5. The summed E-state index contributed by atoms with van der Waals surface area (Å²) >= 11 is 5.53. The molecule has 0 amide bonds. The lowest BCUT2D eigenvalue weighted by Crippen LogP contribution is -2.00. The number of allylic oxidation sites excluding steroid dienone is 1. The quantitative estimate of drug-likeness (QED) is 0.556. The van der Waals surface area contributed by atoms with Crippen molar-refractivity contribution in [2.24, 2.45) is 0 Å². The van der Waals surface area contributed by atoms with Crippen molar-refractivity contribution in [1.29, 1.82) is 0 Å². The molecular weight excluding hydrogens is 205 g/mol. The third-order valence-corrected chi connectivity index (χ3v) is 1.77. The van der Waals surface area contributed by atoms with Gasteiger partial charge in [-0.2, -0.15) is 0 Å². The number of hydrogen-bond acceptors (Lipinski definition) is 2. The van der Waals surface area contributed by atoms with Gasteiger partial charge in [0.05, 0.1) is 11.6 Å². The molecule has 0 aliphatic rings. The summed E-state index contributed by atoms with van der Waals surface area (Å²) in [4.78, 5) is 3.72. The SMILES string of the molecule is C=CCCCOc1ncc(Cl)cc1F. The number of aromatic nitrogens is 1. The molecule has 0 aliphatic heterocycles. The molecule has 0 aromatic carbocycles. The molecule has 0 unspecified atom stereocenters. The summed E-state index contributed by atoms with van der Waals surface area (Å²) in [5, 5.41) is 0.265. The van der Waals surface area contributed by atoms with Crippen LogP contribution < -0.4 is 4.74 Å². The third-order valence-electron chi connectivity index (χ3n) is 1.57. The molecule has 0 aliphatic carbocycles. The Morgan fingerprint density at radius 3 is 3.07 bits per heavy atom. The second-order valence-corrected chi connectivity index (χ2v) is 3.16. The van der Waals surface area contributed by atoms with E-state index in [2.05, 4.69) is 11.6 Å². The van der Waals surface area contributed by atoms with Crippen LogP contribution >= 0.6 is 11.6 Å². The fourth-order valence-corrected chi connectivity index (χ4v) is 1.05. The highest BCUT2D eigenvalue weighted by atomic mass is 35.5. The van der Waals surface area contributed by atoms with E-state index in [0.717, 1.165) is 12.8 Å². The van der Waals surface area contributed by atoms with Crippen molar-refractivity contribution < 1.29 is 9.13 Å². The number of pyridine rings is 1. The fourth-order valence-electron chi connectivity index (χ4n) is 0.905. The van der Waals surface area contributed by atoms with Crippen LogP contribution in [0.5, 0.6) is 5.88 Å². The monoisotopic (exact) mass is 215 g/mol. The minimum absolute atomic E-state index is 0.00142. The first-order chi connectivity index (χ1) is 6.74. The summed E-state index contributed by atoms with van der Waals surface area (Å²) in [6.45, 7) is 4.00. The number of hydrogen-bond donors (Lipinski definition) is 0. The van der Waals surface area contributed by atoms with Crippen LogP contribution in [0.3, 0.4) is 0 Å². The highest BCUT2D eigenvalue weighted by Crippen LogP contribution is 2.17. The summed E-state index contributed by atoms with van der Waals surface area (Å²) in [6, 6.07) is 1.18. The average Bonchev–Trinajstić information content (AvgIpc) is 2.15. The van der Waals surface area contributed by atoms with Gasteiger partial charge in [0.2, 0.25) is 5.88 Å². The maximum Gasteiger partial charge on any atom is 0.250 e. The summed E-state index contributed by atoms with van der Waals surface area (Å²) in [7, 11) is 0. The van der Waals surface area contributed by atoms with Gasteiger partial charge in [-0.25, -0.2) is 9.37 Å². The topological polar surface area (TPSA) is 22.1 Å².